The Morgan fingerprint density at radius 2 is 1.75 bits per heavy atom. The maximum Gasteiger partial charge on any atom is -0.0187 e. The van der Waals surface area contributed by atoms with Gasteiger partial charge in [-0.25, -0.2) is 0 Å². The predicted molar refractivity (Wildman–Crippen MR) is 73.4 cm³/mol. The van der Waals surface area contributed by atoms with E-state index in [4.69, 9.17) is 0 Å². The summed E-state index contributed by atoms with van der Waals surface area (Å²) in [5, 5.41) is 0. The molecular weight excluding hydrogens is 192 g/mol. The summed E-state index contributed by atoms with van der Waals surface area (Å²) in [7, 11) is 0. The predicted octanol–water partition coefficient (Wildman–Crippen LogP) is 5.23. The molecule has 0 saturated carbocycles. The Kier molecular flexibility index (Phi) is 5.63. The van der Waals surface area contributed by atoms with Gasteiger partial charge in [0.2, 0.25) is 0 Å². The van der Waals surface area contributed by atoms with Crippen molar-refractivity contribution in [2.75, 3.05) is 0 Å². The second-order valence-corrected chi connectivity index (χ2v) is 3.72. The molecule has 0 heterocycles. The van der Waals surface area contributed by atoms with Crippen LogP contribution < -0.4 is 0 Å². The SMILES string of the molecule is CC.CCC1=CC(c2ccccc2)=CCC1. The van der Waals surface area contributed by atoms with Crippen LogP contribution in [-0.4, -0.2) is 0 Å². The topological polar surface area (TPSA) is 0 Å². The lowest BCUT2D eigenvalue weighted by atomic mass is 9.93. The molecule has 0 atom stereocenters. The molecule has 2 rings (SSSR count). The number of hydrogen-bond acceptors (Lipinski definition) is 0. The zero-order chi connectivity index (χ0) is 11.8. The molecule has 0 amide bonds. The molecule has 0 nitrogen and oxygen atoms in total. The van der Waals surface area contributed by atoms with Crippen LogP contribution in [0.5, 0.6) is 0 Å². The van der Waals surface area contributed by atoms with Gasteiger partial charge in [-0.05, 0) is 30.4 Å². The maximum atomic E-state index is 2.35. The molecule has 1 aliphatic rings. The van der Waals surface area contributed by atoms with Gasteiger partial charge >= 0.3 is 0 Å². The number of benzene rings is 1. The summed E-state index contributed by atoms with van der Waals surface area (Å²) in [5.74, 6) is 0. The van der Waals surface area contributed by atoms with Crippen molar-refractivity contribution in [1.29, 1.82) is 0 Å². The van der Waals surface area contributed by atoms with Crippen molar-refractivity contribution >= 4 is 5.57 Å². The van der Waals surface area contributed by atoms with E-state index in [0.29, 0.717) is 0 Å². The first-order valence-electron chi connectivity index (χ1n) is 6.35. The van der Waals surface area contributed by atoms with E-state index >= 15 is 0 Å². The molecule has 0 aromatic heterocycles. The largest absolute Gasteiger partial charge is 0.0763 e. The van der Waals surface area contributed by atoms with E-state index in [2.05, 4.69) is 49.4 Å². The van der Waals surface area contributed by atoms with E-state index in [9.17, 15) is 0 Å². The normalized spacial score (nSPS) is 14.4. The molecule has 0 unspecified atom stereocenters. The van der Waals surface area contributed by atoms with Crippen molar-refractivity contribution in [2.45, 2.75) is 40.0 Å². The third-order valence-electron chi connectivity index (χ3n) is 2.75. The Balaban J connectivity index is 0.000000606. The van der Waals surface area contributed by atoms with E-state index in [1.807, 2.05) is 13.8 Å². The quantitative estimate of drug-likeness (QED) is 0.632. The fraction of sp³-hybridized carbons (Fsp3) is 0.375. The zero-order valence-electron chi connectivity index (χ0n) is 10.7. The van der Waals surface area contributed by atoms with Crippen LogP contribution in [0.2, 0.25) is 0 Å². The minimum absolute atomic E-state index is 1.18. The Bertz CT molecular complexity index is 355. The fourth-order valence-electron chi connectivity index (χ4n) is 1.87. The molecule has 1 aromatic carbocycles. The van der Waals surface area contributed by atoms with E-state index in [1.54, 1.807) is 5.57 Å². The first-order valence-corrected chi connectivity index (χ1v) is 6.35. The lowest BCUT2D eigenvalue weighted by molar-refractivity contribution is 0.898. The lowest BCUT2D eigenvalue weighted by Crippen LogP contribution is -1.91. The second kappa shape index (κ2) is 7.05. The van der Waals surface area contributed by atoms with Crippen molar-refractivity contribution in [3.63, 3.8) is 0 Å². The molecule has 1 aliphatic carbocycles. The molecule has 0 spiro atoms. The van der Waals surface area contributed by atoms with Crippen LogP contribution in [-0.2, 0) is 0 Å². The summed E-state index contributed by atoms with van der Waals surface area (Å²) in [5.41, 5.74) is 4.32. The first kappa shape index (κ1) is 12.8. The Labute approximate surface area is 99.7 Å². The summed E-state index contributed by atoms with van der Waals surface area (Å²) in [6, 6.07) is 10.6. The van der Waals surface area contributed by atoms with Crippen LogP contribution >= 0.6 is 0 Å². The lowest BCUT2D eigenvalue weighted by Gasteiger charge is -2.12. The van der Waals surface area contributed by atoms with Gasteiger partial charge in [0.1, 0.15) is 0 Å². The van der Waals surface area contributed by atoms with Crippen molar-refractivity contribution in [3.8, 4) is 0 Å². The highest BCUT2D eigenvalue weighted by Crippen LogP contribution is 2.26. The molecule has 0 aliphatic heterocycles. The van der Waals surface area contributed by atoms with Crippen molar-refractivity contribution in [1.82, 2.24) is 0 Å². The molecule has 86 valence electrons. The van der Waals surface area contributed by atoms with Crippen molar-refractivity contribution in [3.05, 3.63) is 53.6 Å². The van der Waals surface area contributed by atoms with Crippen LogP contribution in [0.1, 0.15) is 45.6 Å². The summed E-state index contributed by atoms with van der Waals surface area (Å²) in [4.78, 5) is 0. The molecule has 0 radical (unpaired) electrons. The highest BCUT2D eigenvalue weighted by molar-refractivity contribution is 5.75. The molecular formula is C16H22. The molecule has 0 fully saturated rings. The Hall–Kier alpha value is -1.30. The van der Waals surface area contributed by atoms with Crippen molar-refractivity contribution in [2.24, 2.45) is 0 Å². The standard InChI is InChI=1S/C14H16.C2H6/c1-2-12-7-6-10-14(11-12)13-8-4-3-5-9-13;1-2/h3-5,8-11H,2,6-7H2,1H3;1-2H3. The summed E-state index contributed by atoms with van der Waals surface area (Å²) in [6.45, 7) is 6.24. The Morgan fingerprint density at radius 1 is 1.06 bits per heavy atom. The summed E-state index contributed by atoms with van der Waals surface area (Å²) in [6.07, 6.45) is 8.31. The van der Waals surface area contributed by atoms with Gasteiger partial charge in [-0.3, -0.25) is 0 Å². The minimum atomic E-state index is 1.18. The van der Waals surface area contributed by atoms with Crippen LogP contribution in [0.4, 0.5) is 0 Å². The second-order valence-electron chi connectivity index (χ2n) is 3.72. The highest BCUT2D eigenvalue weighted by Gasteiger charge is 2.04. The van der Waals surface area contributed by atoms with E-state index in [0.717, 1.165) is 0 Å². The minimum Gasteiger partial charge on any atom is -0.0763 e. The van der Waals surface area contributed by atoms with Gasteiger partial charge in [0.15, 0.2) is 0 Å². The average Bonchev–Trinajstić information content (AvgIpc) is 2.42. The van der Waals surface area contributed by atoms with Gasteiger partial charge in [-0.2, -0.15) is 0 Å². The first-order chi connectivity index (χ1) is 7.90. The average molecular weight is 214 g/mol. The molecule has 0 N–H and O–H groups in total. The third-order valence-corrected chi connectivity index (χ3v) is 2.75. The van der Waals surface area contributed by atoms with Crippen molar-refractivity contribution < 1.29 is 0 Å². The third kappa shape index (κ3) is 3.37. The van der Waals surface area contributed by atoms with E-state index in [1.165, 1.54) is 30.4 Å². The number of rotatable bonds is 2. The fourth-order valence-corrected chi connectivity index (χ4v) is 1.87. The summed E-state index contributed by atoms with van der Waals surface area (Å²) >= 11 is 0. The molecule has 16 heavy (non-hydrogen) atoms. The van der Waals surface area contributed by atoms with Crippen LogP contribution in [0.3, 0.4) is 0 Å². The smallest absolute Gasteiger partial charge is 0.0187 e. The maximum absolute atomic E-state index is 2.35. The molecule has 0 bridgehead atoms. The molecule has 1 aromatic rings. The summed E-state index contributed by atoms with van der Waals surface area (Å²) < 4.78 is 0. The van der Waals surface area contributed by atoms with Crippen LogP contribution in [0.25, 0.3) is 5.57 Å². The van der Waals surface area contributed by atoms with Gasteiger partial charge in [0, 0.05) is 0 Å². The van der Waals surface area contributed by atoms with Crippen LogP contribution in [0, 0.1) is 0 Å². The van der Waals surface area contributed by atoms with Gasteiger partial charge in [0.25, 0.3) is 0 Å². The van der Waals surface area contributed by atoms with Gasteiger partial charge < -0.3 is 0 Å². The van der Waals surface area contributed by atoms with Gasteiger partial charge in [-0.15, -0.1) is 0 Å². The van der Waals surface area contributed by atoms with E-state index in [-0.39, 0.29) is 0 Å². The van der Waals surface area contributed by atoms with Gasteiger partial charge in [-0.1, -0.05) is 68.8 Å². The monoisotopic (exact) mass is 214 g/mol. The molecule has 0 heteroatoms. The van der Waals surface area contributed by atoms with E-state index < -0.39 is 0 Å². The number of allylic oxidation sites excluding steroid dienone is 4. The number of hydrogen-bond donors (Lipinski definition) is 0. The Morgan fingerprint density at radius 3 is 2.38 bits per heavy atom. The highest BCUT2D eigenvalue weighted by atomic mass is 14.1. The molecule has 0 saturated heterocycles. The van der Waals surface area contributed by atoms with Gasteiger partial charge in [0.05, 0.1) is 0 Å². The zero-order valence-corrected chi connectivity index (χ0v) is 10.7. The van der Waals surface area contributed by atoms with Crippen LogP contribution in [0.15, 0.2) is 48.1 Å².